The summed E-state index contributed by atoms with van der Waals surface area (Å²) in [4.78, 5) is 17.0. The maximum Gasteiger partial charge on any atom is 0.270 e. The Morgan fingerprint density at radius 3 is 2.55 bits per heavy atom. The van der Waals surface area contributed by atoms with E-state index in [0.717, 1.165) is 0 Å². The number of fused-ring (bicyclic) bond motifs is 1. The molecule has 9 nitrogen and oxygen atoms in total. The number of hydrogen-bond donors (Lipinski definition) is 0. The Balaban J connectivity index is 1.53. The van der Waals surface area contributed by atoms with Crippen LogP contribution in [0.3, 0.4) is 0 Å². The summed E-state index contributed by atoms with van der Waals surface area (Å²) in [5, 5.41) is 20.8. The zero-order chi connectivity index (χ0) is 20.6. The molecule has 2 aromatic carbocycles. The number of sulfonamides is 1. The summed E-state index contributed by atoms with van der Waals surface area (Å²) < 4.78 is 28.0. The lowest BCUT2D eigenvalue weighted by atomic mass is 10.2. The van der Waals surface area contributed by atoms with E-state index in [9.17, 15) is 23.8 Å². The summed E-state index contributed by atoms with van der Waals surface area (Å²) in [6.45, 7) is 1.40. The second kappa shape index (κ2) is 7.40. The highest BCUT2D eigenvalue weighted by Crippen LogP contribution is 2.32. The van der Waals surface area contributed by atoms with E-state index < -0.39 is 14.9 Å². The van der Waals surface area contributed by atoms with Crippen LogP contribution in [0.2, 0.25) is 0 Å². The Hall–Kier alpha value is -3.07. The van der Waals surface area contributed by atoms with Crippen LogP contribution < -0.4 is 4.90 Å². The third-order valence-electron chi connectivity index (χ3n) is 4.71. The summed E-state index contributed by atoms with van der Waals surface area (Å²) in [6, 6.07) is 12.6. The third-order valence-corrected chi connectivity index (χ3v) is 7.74. The summed E-state index contributed by atoms with van der Waals surface area (Å²) in [6.07, 6.45) is 0. The second-order valence-corrected chi connectivity index (χ2v) is 9.32. The number of anilines is 1. The molecule has 2 heterocycles. The number of piperazine rings is 1. The van der Waals surface area contributed by atoms with Gasteiger partial charge in [-0.2, -0.15) is 9.57 Å². The lowest BCUT2D eigenvalue weighted by Crippen LogP contribution is -2.48. The van der Waals surface area contributed by atoms with Crippen molar-refractivity contribution in [2.24, 2.45) is 0 Å². The first-order valence-electron chi connectivity index (χ1n) is 8.69. The minimum Gasteiger partial charge on any atom is -0.345 e. The van der Waals surface area contributed by atoms with Crippen LogP contribution in [0.1, 0.15) is 5.56 Å². The topological polar surface area (TPSA) is 120 Å². The zero-order valence-electron chi connectivity index (χ0n) is 15.1. The molecule has 148 valence electrons. The molecule has 3 aromatic rings. The maximum absolute atomic E-state index is 12.9. The second-order valence-electron chi connectivity index (χ2n) is 6.40. The average Bonchev–Trinajstić information content (AvgIpc) is 3.17. The quantitative estimate of drug-likeness (QED) is 0.462. The van der Waals surface area contributed by atoms with Gasteiger partial charge >= 0.3 is 0 Å². The monoisotopic (exact) mass is 429 g/mol. The van der Waals surface area contributed by atoms with Crippen molar-refractivity contribution >= 4 is 42.4 Å². The number of aromatic nitrogens is 1. The molecule has 0 bridgehead atoms. The van der Waals surface area contributed by atoms with Crippen molar-refractivity contribution in [3.63, 3.8) is 0 Å². The molecule has 1 aromatic heterocycles. The molecular formula is C18H15N5O4S2. The van der Waals surface area contributed by atoms with Crippen molar-refractivity contribution in [2.45, 2.75) is 4.90 Å². The number of hydrogen-bond acceptors (Lipinski definition) is 8. The number of non-ortho nitro benzene ring substituents is 1. The SMILES string of the molecule is N#Cc1ccccc1S(=O)(=O)N1CCN(c2nc3ccc([N+](=O)[O-])cc3s2)CC1. The molecule has 0 aliphatic carbocycles. The van der Waals surface area contributed by atoms with E-state index in [-0.39, 0.29) is 29.2 Å². The van der Waals surface area contributed by atoms with Crippen molar-refractivity contribution in [3.8, 4) is 6.07 Å². The van der Waals surface area contributed by atoms with Gasteiger partial charge in [0.1, 0.15) is 6.07 Å². The molecule has 0 atom stereocenters. The highest BCUT2D eigenvalue weighted by Gasteiger charge is 2.31. The van der Waals surface area contributed by atoms with Crippen LogP contribution in [0.25, 0.3) is 10.2 Å². The van der Waals surface area contributed by atoms with E-state index in [1.807, 2.05) is 11.0 Å². The number of rotatable bonds is 4. The Labute approximate surface area is 170 Å². The van der Waals surface area contributed by atoms with E-state index in [4.69, 9.17) is 0 Å². The third kappa shape index (κ3) is 3.53. The van der Waals surface area contributed by atoms with E-state index in [2.05, 4.69) is 4.98 Å². The van der Waals surface area contributed by atoms with Crippen LogP contribution in [0.5, 0.6) is 0 Å². The van der Waals surface area contributed by atoms with Crippen LogP contribution in [-0.4, -0.2) is 48.8 Å². The van der Waals surface area contributed by atoms with Crippen molar-refractivity contribution in [1.82, 2.24) is 9.29 Å². The summed E-state index contributed by atoms with van der Waals surface area (Å²) in [7, 11) is -3.76. The lowest BCUT2D eigenvalue weighted by Gasteiger charge is -2.33. The van der Waals surface area contributed by atoms with E-state index in [0.29, 0.717) is 28.4 Å². The Kier molecular flexibility index (Phi) is 4.91. The Morgan fingerprint density at radius 2 is 1.86 bits per heavy atom. The molecule has 11 heteroatoms. The smallest absolute Gasteiger partial charge is 0.270 e. The zero-order valence-corrected chi connectivity index (χ0v) is 16.7. The summed E-state index contributed by atoms with van der Waals surface area (Å²) >= 11 is 1.35. The van der Waals surface area contributed by atoms with Gasteiger partial charge in [0.25, 0.3) is 5.69 Å². The van der Waals surface area contributed by atoms with E-state index in [1.165, 1.54) is 39.9 Å². The lowest BCUT2D eigenvalue weighted by molar-refractivity contribution is -0.384. The van der Waals surface area contributed by atoms with Crippen LogP contribution in [-0.2, 0) is 10.0 Å². The van der Waals surface area contributed by atoms with E-state index in [1.54, 1.807) is 18.2 Å². The predicted octanol–water partition coefficient (Wildman–Crippen LogP) is 2.59. The molecule has 0 N–H and O–H groups in total. The number of nitrogens with zero attached hydrogens (tertiary/aromatic N) is 5. The van der Waals surface area contributed by atoms with Crippen molar-refractivity contribution in [2.75, 3.05) is 31.1 Å². The van der Waals surface area contributed by atoms with Gasteiger partial charge in [0.15, 0.2) is 5.13 Å². The fourth-order valence-electron chi connectivity index (χ4n) is 3.19. The van der Waals surface area contributed by atoms with Gasteiger partial charge in [-0.25, -0.2) is 13.4 Å². The Bertz CT molecular complexity index is 1240. The van der Waals surface area contributed by atoms with Crippen LogP contribution in [0, 0.1) is 21.4 Å². The van der Waals surface area contributed by atoms with Crippen molar-refractivity contribution in [3.05, 3.63) is 58.1 Å². The molecule has 0 spiro atoms. The first-order chi connectivity index (χ1) is 13.9. The molecule has 1 saturated heterocycles. The number of nitro benzene ring substituents is 1. The first kappa shape index (κ1) is 19.3. The number of thiazole rings is 1. The summed E-state index contributed by atoms with van der Waals surface area (Å²) in [5.74, 6) is 0. The molecule has 29 heavy (non-hydrogen) atoms. The predicted molar refractivity (Wildman–Crippen MR) is 108 cm³/mol. The van der Waals surface area contributed by atoms with Crippen LogP contribution in [0.4, 0.5) is 10.8 Å². The Morgan fingerprint density at radius 1 is 1.14 bits per heavy atom. The molecule has 1 fully saturated rings. The number of nitro groups is 1. The molecular weight excluding hydrogens is 414 g/mol. The van der Waals surface area contributed by atoms with Gasteiger partial charge < -0.3 is 4.90 Å². The van der Waals surface area contributed by atoms with Crippen LogP contribution >= 0.6 is 11.3 Å². The molecule has 0 radical (unpaired) electrons. The fraction of sp³-hybridized carbons (Fsp3) is 0.222. The first-order valence-corrected chi connectivity index (χ1v) is 10.9. The molecule has 0 unspecified atom stereocenters. The van der Waals surface area contributed by atoms with Crippen molar-refractivity contribution in [1.29, 1.82) is 5.26 Å². The van der Waals surface area contributed by atoms with Crippen molar-refractivity contribution < 1.29 is 13.3 Å². The summed E-state index contributed by atoms with van der Waals surface area (Å²) in [5.41, 5.74) is 0.816. The standard InChI is InChI=1S/C18H15N5O4S2/c19-12-13-3-1-2-4-17(13)29(26,27)22-9-7-21(8-10-22)18-20-15-6-5-14(23(24)25)11-16(15)28-18/h1-6,11H,7-10H2. The van der Waals surface area contributed by atoms with E-state index >= 15 is 0 Å². The van der Waals surface area contributed by atoms with Gasteiger partial charge in [-0.05, 0) is 18.2 Å². The number of benzene rings is 2. The molecule has 0 saturated carbocycles. The average molecular weight is 429 g/mol. The van der Waals surface area contributed by atoms with Gasteiger partial charge in [0.2, 0.25) is 10.0 Å². The molecule has 1 aliphatic rings. The highest BCUT2D eigenvalue weighted by atomic mass is 32.2. The molecule has 0 amide bonds. The molecule has 4 rings (SSSR count). The largest absolute Gasteiger partial charge is 0.345 e. The van der Waals surface area contributed by atoms with Gasteiger partial charge in [-0.1, -0.05) is 23.5 Å². The van der Waals surface area contributed by atoms with Crippen LogP contribution in [0.15, 0.2) is 47.4 Å². The minimum atomic E-state index is -3.76. The van der Waals surface area contributed by atoms with Gasteiger partial charge in [-0.15, -0.1) is 0 Å². The minimum absolute atomic E-state index is 0.0137. The van der Waals surface area contributed by atoms with Gasteiger partial charge in [-0.3, -0.25) is 10.1 Å². The molecule has 1 aliphatic heterocycles. The number of nitriles is 1. The van der Waals surface area contributed by atoms with Gasteiger partial charge in [0, 0.05) is 38.3 Å². The normalized spacial score (nSPS) is 15.3. The highest BCUT2D eigenvalue weighted by molar-refractivity contribution is 7.89. The maximum atomic E-state index is 12.9. The fourth-order valence-corrected chi connectivity index (χ4v) is 5.81. The van der Waals surface area contributed by atoms with Gasteiger partial charge in [0.05, 0.1) is 25.6 Å².